The van der Waals surface area contributed by atoms with Crippen LogP contribution in [0.5, 0.6) is 0 Å². The third kappa shape index (κ3) is 4.96. The van der Waals surface area contributed by atoms with Gasteiger partial charge in [-0.15, -0.1) is 0 Å². The van der Waals surface area contributed by atoms with Crippen molar-refractivity contribution in [3.8, 4) is 0 Å². The monoisotopic (exact) mass is 310 g/mol. The molecule has 0 heteroatoms. The van der Waals surface area contributed by atoms with Crippen LogP contribution >= 0.6 is 0 Å². The van der Waals surface area contributed by atoms with Crippen molar-refractivity contribution in [1.29, 1.82) is 0 Å². The maximum Gasteiger partial charge on any atom is 0.0253 e. The van der Waals surface area contributed by atoms with Crippen LogP contribution < -0.4 is 10.4 Å². The summed E-state index contributed by atoms with van der Waals surface area (Å²) in [5.74, 6) is 0.984. The van der Waals surface area contributed by atoms with E-state index in [2.05, 4.69) is 64.3 Å². The average molecular weight is 311 g/mol. The van der Waals surface area contributed by atoms with Gasteiger partial charge in [0, 0.05) is 5.92 Å². The molecule has 0 nitrogen and oxygen atoms in total. The predicted molar refractivity (Wildman–Crippen MR) is 106 cm³/mol. The molecule has 0 radical (unpaired) electrons. The number of rotatable bonds is 6. The molecule has 1 aliphatic carbocycles. The fourth-order valence-corrected chi connectivity index (χ4v) is 3.44. The maximum atomic E-state index is 4.17. The zero-order valence-electron chi connectivity index (χ0n) is 15.8. The van der Waals surface area contributed by atoms with Crippen LogP contribution in [-0.2, 0) is 0 Å². The molecule has 0 saturated heterocycles. The van der Waals surface area contributed by atoms with E-state index in [-0.39, 0.29) is 5.92 Å². The molecule has 0 fully saturated rings. The molecule has 1 aromatic rings. The van der Waals surface area contributed by atoms with Gasteiger partial charge in [0.05, 0.1) is 0 Å². The molecule has 126 valence electrons. The van der Waals surface area contributed by atoms with E-state index in [9.17, 15) is 0 Å². The van der Waals surface area contributed by atoms with Gasteiger partial charge in [-0.05, 0) is 48.6 Å². The highest BCUT2D eigenvalue weighted by molar-refractivity contribution is 5.47. The quantitative estimate of drug-likeness (QED) is 0.589. The number of allylic oxidation sites excluding steroid dienone is 2. The molecule has 0 bridgehead atoms. The number of unbranched alkanes of at least 4 members (excludes halogenated alkanes) is 1. The topological polar surface area (TPSA) is 0 Å². The lowest BCUT2D eigenvalue weighted by Crippen LogP contribution is -2.33. The van der Waals surface area contributed by atoms with Crippen molar-refractivity contribution in [1.82, 2.24) is 0 Å². The first kappa shape index (κ1) is 19.5. The van der Waals surface area contributed by atoms with Crippen LogP contribution in [0.25, 0.3) is 12.2 Å². The highest BCUT2D eigenvalue weighted by Crippen LogP contribution is 2.27. The van der Waals surface area contributed by atoms with Crippen LogP contribution in [0.4, 0.5) is 0 Å². The van der Waals surface area contributed by atoms with Crippen LogP contribution in [0.1, 0.15) is 71.8 Å². The Bertz CT molecular complexity index is 631. The van der Waals surface area contributed by atoms with E-state index >= 15 is 0 Å². The van der Waals surface area contributed by atoms with Gasteiger partial charge in [0.25, 0.3) is 0 Å². The van der Waals surface area contributed by atoms with Crippen molar-refractivity contribution in [2.24, 2.45) is 5.92 Å². The van der Waals surface area contributed by atoms with Crippen LogP contribution in [0.15, 0.2) is 42.5 Å². The second-order valence-corrected chi connectivity index (χ2v) is 6.48. The Morgan fingerprint density at radius 1 is 1.17 bits per heavy atom. The lowest BCUT2D eigenvalue weighted by molar-refractivity contribution is 0.590. The van der Waals surface area contributed by atoms with Crippen molar-refractivity contribution in [2.45, 2.75) is 66.2 Å². The fourth-order valence-electron chi connectivity index (χ4n) is 3.44. The van der Waals surface area contributed by atoms with Gasteiger partial charge >= 0.3 is 0 Å². The standard InChI is InChI=1S/C21H28.C2H6/c1-6-7-9-17-12-13-19-18(14-17)10-8-11-20(19)21(15(2)3)16(4)5;1-2/h8,10-11,13-14,17,21H,2,4,6-7,9,12H2,1,3,5H3;1-2H3. The molecule has 0 N–H and O–H groups in total. The Hall–Kier alpha value is -1.56. The summed E-state index contributed by atoms with van der Waals surface area (Å²) in [7, 11) is 0. The molecule has 1 unspecified atom stereocenters. The minimum Gasteiger partial charge on any atom is -0.0992 e. The van der Waals surface area contributed by atoms with Gasteiger partial charge in [0.15, 0.2) is 0 Å². The molecule has 0 saturated carbocycles. The van der Waals surface area contributed by atoms with Crippen molar-refractivity contribution in [2.75, 3.05) is 0 Å². The summed E-state index contributed by atoms with van der Waals surface area (Å²) < 4.78 is 0. The zero-order chi connectivity index (χ0) is 17.4. The van der Waals surface area contributed by atoms with E-state index in [1.54, 1.807) is 0 Å². The number of fused-ring (bicyclic) bond motifs is 1. The van der Waals surface area contributed by atoms with E-state index in [4.69, 9.17) is 0 Å². The number of benzene rings is 1. The van der Waals surface area contributed by atoms with E-state index < -0.39 is 0 Å². The van der Waals surface area contributed by atoms with Gasteiger partial charge in [-0.2, -0.15) is 0 Å². The highest BCUT2D eigenvalue weighted by Gasteiger charge is 2.16. The number of hydrogen-bond donors (Lipinski definition) is 0. The summed E-state index contributed by atoms with van der Waals surface area (Å²) in [6.07, 6.45) is 9.99. The van der Waals surface area contributed by atoms with Crippen LogP contribution in [0.2, 0.25) is 0 Å². The first-order valence-electron chi connectivity index (χ1n) is 9.16. The first-order valence-corrected chi connectivity index (χ1v) is 9.16. The van der Waals surface area contributed by atoms with Crippen molar-refractivity contribution < 1.29 is 0 Å². The summed E-state index contributed by atoms with van der Waals surface area (Å²) in [5, 5.41) is 2.80. The predicted octanol–water partition coefficient (Wildman–Crippen LogP) is 5.72. The summed E-state index contributed by atoms with van der Waals surface area (Å²) in [6, 6.07) is 6.67. The normalized spacial score (nSPS) is 15.7. The van der Waals surface area contributed by atoms with Crippen LogP contribution in [-0.4, -0.2) is 0 Å². The summed E-state index contributed by atoms with van der Waals surface area (Å²) >= 11 is 0. The Morgan fingerprint density at radius 3 is 2.39 bits per heavy atom. The van der Waals surface area contributed by atoms with E-state index in [1.807, 2.05) is 13.8 Å². The largest absolute Gasteiger partial charge is 0.0992 e. The van der Waals surface area contributed by atoms with Gasteiger partial charge in [0.2, 0.25) is 0 Å². The molecule has 0 amide bonds. The Morgan fingerprint density at radius 2 is 1.83 bits per heavy atom. The minimum absolute atomic E-state index is 0.275. The Kier molecular flexibility index (Phi) is 8.09. The maximum absolute atomic E-state index is 4.17. The smallest absolute Gasteiger partial charge is 0.0253 e. The van der Waals surface area contributed by atoms with E-state index in [0.717, 1.165) is 0 Å². The average Bonchev–Trinajstić information content (AvgIpc) is 2.54. The van der Waals surface area contributed by atoms with Gasteiger partial charge in [-0.3, -0.25) is 0 Å². The molecule has 0 aromatic heterocycles. The SMILES string of the molecule is C=C(C)C(C(=C)C)c1cccc2c1=CCC(CCCC)C=2.CC. The molecule has 0 spiro atoms. The first-order chi connectivity index (χ1) is 11.0. The lowest BCUT2D eigenvalue weighted by atomic mass is 9.83. The molecular weight excluding hydrogens is 276 g/mol. The second kappa shape index (κ2) is 9.55. The van der Waals surface area contributed by atoms with Crippen LogP contribution in [0, 0.1) is 5.92 Å². The molecule has 2 rings (SSSR count). The van der Waals surface area contributed by atoms with E-state index in [1.165, 1.54) is 52.8 Å². The highest BCUT2D eigenvalue weighted by atomic mass is 14.2. The molecule has 1 aromatic carbocycles. The van der Waals surface area contributed by atoms with Gasteiger partial charge in [0.1, 0.15) is 0 Å². The van der Waals surface area contributed by atoms with Crippen molar-refractivity contribution in [3.63, 3.8) is 0 Å². The Balaban J connectivity index is 0.00000127. The van der Waals surface area contributed by atoms with Gasteiger partial charge < -0.3 is 0 Å². The van der Waals surface area contributed by atoms with Gasteiger partial charge in [-0.25, -0.2) is 0 Å². The summed E-state index contributed by atoms with van der Waals surface area (Å²) in [6.45, 7) is 18.8. The molecule has 1 atom stereocenters. The van der Waals surface area contributed by atoms with E-state index in [0.29, 0.717) is 5.92 Å². The second-order valence-electron chi connectivity index (χ2n) is 6.48. The molecule has 0 aliphatic heterocycles. The lowest BCUT2D eigenvalue weighted by Gasteiger charge is -2.21. The molecule has 0 heterocycles. The fraction of sp³-hybridized carbons (Fsp3) is 0.478. The van der Waals surface area contributed by atoms with Crippen molar-refractivity contribution in [3.05, 3.63) is 58.5 Å². The van der Waals surface area contributed by atoms with Crippen LogP contribution in [0.3, 0.4) is 0 Å². The minimum atomic E-state index is 0.275. The third-order valence-corrected chi connectivity index (χ3v) is 4.44. The van der Waals surface area contributed by atoms with Crippen molar-refractivity contribution >= 4 is 12.2 Å². The summed E-state index contributed by atoms with van der Waals surface area (Å²) in [5.41, 5.74) is 3.73. The summed E-state index contributed by atoms with van der Waals surface area (Å²) in [4.78, 5) is 0. The third-order valence-electron chi connectivity index (χ3n) is 4.44. The molecule has 1 aliphatic rings. The molecule has 23 heavy (non-hydrogen) atoms. The van der Waals surface area contributed by atoms with Gasteiger partial charge in [-0.1, -0.05) is 88.3 Å². The zero-order valence-corrected chi connectivity index (χ0v) is 15.8. The molecular formula is C23H34. The number of hydrogen-bond acceptors (Lipinski definition) is 0. The Labute approximate surface area is 143 Å².